The quantitative estimate of drug-likeness (QED) is 0.752. The molecule has 0 aliphatic carbocycles. The van der Waals surface area contributed by atoms with Crippen LogP contribution >= 0.6 is 0 Å². The number of nitrogens with zero attached hydrogens (tertiary/aromatic N) is 1. The SMILES string of the molecule is Cc1ccc(OCCCCNC(=O)N2CCCC(C(=O)O)C2)cc1. The number of hydrogen-bond acceptors (Lipinski definition) is 3. The predicted octanol–water partition coefficient (Wildman–Crippen LogP) is 2.66. The minimum atomic E-state index is -0.819. The van der Waals surface area contributed by atoms with Gasteiger partial charge < -0.3 is 20.1 Å². The predicted molar refractivity (Wildman–Crippen MR) is 91.2 cm³/mol. The highest BCUT2D eigenvalue weighted by atomic mass is 16.5. The molecule has 1 aliphatic rings. The van der Waals surface area contributed by atoms with E-state index in [1.165, 1.54) is 5.56 Å². The molecule has 1 aromatic rings. The molecule has 24 heavy (non-hydrogen) atoms. The zero-order chi connectivity index (χ0) is 17.4. The number of rotatable bonds is 7. The van der Waals surface area contributed by atoms with E-state index < -0.39 is 11.9 Å². The highest BCUT2D eigenvalue weighted by Crippen LogP contribution is 2.16. The molecule has 1 aromatic carbocycles. The van der Waals surface area contributed by atoms with Crippen molar-refractivity contribution in [3.8, 4) is 5.75 Å². The first-order valence-electron chi connectivity index (χ1n) is 8.51. The maximum atomic E-state index is 12.0. The molecule has 1 fully saturated rings. The van der Waals surface area contributed by atoms with Crippen LogP contribution in [-0.2, 0) is 4.79 Å². The lowest BCUT2D eigenvalue weighted by atomic mass is 9.99. The molecule has 1 aliphatic heterocycles. The Morgan fingerprint density at radius 2 is 2.04 bits per heavy atom. The smallest absolute Gasteiger partial charge is 0.317 e. The van der Waals surface area contributed by atoms with Gasteiger partial charge in [0, 0.05) is 19.6 Å². The van der Waals surface area contributed by atoms with Gasteiger partial charge in [0.2, 0.25) is 0 Å². The number of carbonyl (C=O) groups excluding carboxylic acids is 1. The molecule has 0 radical (unpaired) electrons. The van der Waals surface area contributed by atoms with Crippen LogP contribution in [0.25, 0.3) is 0 Å². The van der Waals surface area contributed by atoms with E-state index in [2.05, 4.69) is 5.32 Å². The molecule has 2 N–H and O–H groups in total. The molecule has 1 atom stereocenters. The number of piperidine rings is 1. The Morgan fingerprint density at radius 1 is 1.29 bits per heavy atom. The Morgan fingerprint density at radius 3 is 2.75 bits per heavy atom. The Balaban J connectivity index is 1.57. The van der Waals surface area contributed by atoms with Gasteiger partial charge in [0.1, 0.15) is 5.75 Å². The molecule has 0 aromatic heterocycles. The van der Waals surface area contributed by atoms with Crippen molar-refractivity contribution in [2.24, 2.45) is 5.92 Å². The Labute approximate surface area is 142 Å². The minimum Gasteiger partial charge on any atom is -0.494 e. The largest absolute Gasteiger partial charge is 0.494 e. The third-order valence-corrected chi connectivity index (χ3v) is 4.19. The number of carboxylic acids is 1. The van der Waals surface area contributed by atoms with Crippen LogP contribution in [0.3, 0.4) is 0 Å². The van der Waals surface area contributed by atoms with E-state index in [4.69, 9.17) is 9.84 Å². The number of nitrogens with one attached hydrogen (secondary N) is 1. The number of unbranched alkanes of at least 4 members (excludes halogenated alkanes) is 1. The number of aryl methyl sites for hydroxylation is 1. The lowest BCUT2D eigenvalue weighted by molar-refractivity contribution is -0.143. The highest BCUT2D eigenvalue weighted by molar-refractivity contribution is 5.76. The van der Waals surface area contributed by atoms with Crippen LogP contribution < -0.4 is 10.1 Å². The maximum Gasteiger partial charge on any atom is 0.317 e. The Hall–Kier alpha value is -2.24. The summed E-state index contributed by atoms with van der Waals surface area (Å²) in [6.07, 6.45) is 3.07. The van der Waals surface area contributed by atoms with E-state index in [1.54, 1.807) is 4.90 Å². The second-order valence-corrected chi connectivity index (χ2v) is 6.22. The fraction of sp³-hybridized carbons (Fsp3) is 0.556. The average molecular weight is 334 g/mol. The van der Waals surface area contributed by atoms with Crippen molar-refractivity contribution in [3.63, 3.8) is 0 Å². The number of benzene rings is 1. The van der Waals surface area contributed by atoms with Crippen LogP contribution in [0.5, 0.6) is 5.75 Å². The fourth-order valence-electron chi connectivity index (χ4n) is 2.72. The van der Waals surface area contributed by atoms with E-state index in [0.717, 1.165) is 25.0 Å². The van der Waals surface area contributed by atoms with Crippen LogP contribution in [0.2, 0.25) is 0 Å². The van der Waals surface area contributed by atoms with Crippen molar-refractivity contribution in [3.05, 3.63) is 29.8 Å². The van der Waals surface area contributed by atoms with Gasteiger partial charge in [-0.25, -0.2) is 4.79 Å². The van der Waals surface area contributed by atoms with Crippen molar-refractivity contribution in [2.45, 2.75) is 32.6 Å². The van der Waals surface area contributed by atoms with Gasteiger partial charge in [0.25, 0.3) is 0 Å². The summed E-state index contributed by atoms with van der Waals surface area (Å²) in [6, 6.07) is 7.76. The molecule has 1 saturated heterocycles. The van der Waals surface area contributed by atoms with Gasteiger partial charge in [-0.1, -0.05) is 17.7 Å². The van der Waals surface area contributed by atoms with Gasteiger partial charge in [0.15, 0.2) is 0 Å². The van der Waals surface area contributed by atoms with Crippen LogP contribution in [0, 0.1) is 12.8 Å². The average Bonchev–Trinajstić information content (AvgIpc) is 2.59. The molecular weight excluding hydrogens is 308 g/mol. The zero-order valence-electron chi connectivity index (χ0n) is 14.2. The molecule has 0 spiro atoms. The second kappa shape index (κ2) is 9.15. The van der Waals surface area contributed by atoms with Gasteiger partial charge in [-0.15, -0.1) is 0 Å². The summed E-state index contributed by atoms with van der Waals surface area (Å²) in [5, 5.41) is 11.9. The fourth-order valence-corrected chi connectivity index (χ4v) is 2.72. The number of urea groups is 1. The molecule has 1 unspecified atom stereocenters. The van der Waals surface area contributed by atoms with Crippen molar-refractivity contribution in [1.29, 1.82) is 0 Å². The number of amides is 2. The monoisotopic (exact) mass is 334 g/mol. The molecular formula is C18H26N2O4. The molecule has 6 heteroatoms. The first kappa shape index (κ1) is 18.1. The third-order valence-electron chi connectivity index (χ3n) is 4.19. The Kier molecular flexibility index (Phi) is 6.90. The van der Waals surface area contributed by atoms with Crippen molar-refractivity contribution < 1.29 is 19.4 Å². The van der Waals surface area contributed by atoms with Crippen LogP contribution in [0.4, 0.5) is 4.79 Å². The molecule has 2 amide bonds. The summed E-state index contributed by atoms with van der Waals surface area (Å²) in [5.74, 6) is -0.397. The first-order valence-corrected chi connectivity index (χ1v) is 8.51. The summed E-state index contributed by atoms with van der Waals surface area (Å²) >= 11 is 0. The molecule has 0 saturated carbocycles. The summed E-state index contributed by atoms with van der Waals surface area (Å²) in [6.45, 7) is 4.16. The number of carboxylic acid groups (broad SMARTS) is 1. The van der Waals surface area contributed by atoms with Crippen molar-refractivity contribution >= 4 is 12.0 Å². The number of carbonyl (C=O) groups is 2. The van der Waals surface area contributed by atoms with Crippen molar-refractivity contribution in [1.82, 2.24) is 10.2 Å². The number of likely N-dealkylation sites (tertiary alicyclic amines) is 1. The minimum absolute atomic E-state index is 0.166. The third kappa shape index (κ3) is 5.76. The van der Waals surface area contributed by atoms with E-state index >= 15 is 0 Å². The first-order chi connectivity index (χ1) is 11.6. The summed E-state index contributed by atoms with van der Waals surface area (Å²) in [5.41, 5.74) is 1.20. The van der Waals surface area contributed by atoms with Crippen LogP contribution in [0.1, 0.15) is 31.2 Å². The number of ether oxygens (including phenoxy) is 1. The van der Waals surface area contributed by atoms with E-state index in [9.17, 15) is 9.59 Å². The maximum absolute atomic E-state index is 12.0. The number of aliphatic carboxylic acids is 1. The van der Waals surface area contributed by atoms with Gasteiger partial charge in [-0.2, -0.15) is 0 Å². The normalized spacial score (nSPS) is 17.4. The molecule has 1 heterocycles. The lowest BCUT2D eigenvalue weighted by Gasteiger charge is -2.30. The summed E-state index contributed by atoms with van der Waals surface area (Å²) in [7, 11) is 0. The second-order valence-electron chi connectivity index (χ2n) is 6.22. The van der Waals surface area contributed by atoms with E-state index in [1.807, 2.05) is 31.2 Å². The summed E-state index contributed by atoms with van der Waals surface area (Å²) in [4.78, 5) is 24.7. The van der Waals surface area contributed by atoms with E-state index in [-0.39, 0.29) is 6.03 Å². The molecule has 6 nitrogen and oxygen atoms in total. The van der Waals surface area contributed by atoms with Crippen LogP contribution in [0.15, 0.2) is 24.3 Å². The standard InChI is InChI=1S/C18H26N2O4/c1-14-6-8-16(9-7-14)24-12-3-2-10-19-18(23)20-11-4-5-15(13-20)17(21)22/h6-9,15H,2-5,10-13H2,1H3,(H,19,23)(H,21,22). The van der Waals surface area contributed by atoms with Gasteiger partial charge >= 0.3 is 12.0 Å². The van der Waals surface area contributed by atoms with Gasteiger partial charge in [-0.05, 0) is 44.7 Å². The highest BCUT2D eigenvalue weighted by Gasteiger charge is 2.27. The Bertz CT molecular complexity index is 544. The van der Waals surface area contributed by atoms with Gasteiger partial charge in [-0.3, -0.25) is 4.79 Å². The zero-order valence-corrected chi connectivity index (χ0v) is 14.2. The molecule has 2 rings (SSSR count). The van der Waals surface area contributed by atoms with E-state index in [0.29, 0.717) is 32.7 Å². The summed E-state index contributed by atoms with van der Waals surface area (Å²) < 4.78 is 5.64. The molecule has 0 bridgehead atoms. The lowest BCUT2D eigenvalue weighted by Crippen LogP contribution is -2.47. The topological polar surface area (TPSA) is 78.9 Å². The number of hydrogen-bond donors (Lipinski definition) is 2. The van der Waals surface area contributed by atoms with Gasteiger partial charge in [0.05, 0.1) is 12.5 Å². The molecule has 132 valence electrons. The van der Waals surface area contributed by atoms with Crippen LogP contribution in [-0.4, -0.2) is 48.2 Å². The van der Waals surface area contributed by atoms with Crippen molar-refractivity contribution in [2.75, 3.05) is 26.2 Å².